The maximum Gasteiger partial charge on any atom is 0.300 e. The van der Waals surface area contributed by atoms with Gasteiger partial charge in [0.25, 0.3) is 5.97 Å². The molecular weight excluding hydrogens is 192 g/mol. The highest BCUT2D eigenvalue weighted by Crippen LogP contribution is 2.13. The fourth-order valence-corrected chi connectivity index (χ4v) is 1.28. The summed E-state index contributed by atoms with van der Waals surface area (Å²) in [5.74, 6) is -0.833. The van der Waals surface area contributed by atoms with Crippen molar-refractivity contribution in [2.45, 2.75) is 39.8 Å². The summed E-state index contributed by atoms with van der Waals surface area (Å²) in [5, 5.41) is 7.42. The smallest absolute Gasteiger partial charge is 0.300 e. The molecule has 0 aliphatic carbocycles. The van der Waals surface area contributed by atoms with Crippen LogP contribution in [0.1, 0.15) is 33.6 Å². The minimum absolute atomic E-state index is 0.557. The summed E-state index contributed by atoms with van der Waals surface area (Å²) >= 11 is 0. The number of rotatable bonds is 3. The Morgan fingerprint density at radius 3 is 2.33 bits per heavy atom. The lowest BCUT2D eigenvalue weighted by Crippen LogP contribution is -2.33. The lowest BCUT2D eigenvalue weighted by molar-refractivity contribution is -0.134. The molecule has 4 heteroatoms. The van der Waals surface area contributed by atoms with Gasteiger partial charge >= 0.3 is 0 Å². The van der Waals surface area contributed by atoms with E-state index < -0.39 is 5.97 Å². The highest BCUT2D eigenvalue weighted by molar-refractivity contribution is 5.62. The van der Waals surface area contributed by atoms with Crippen LogP contribution in [0, 0.1) is 0 Å². The monoisotopic (exact) mass is 214 g/mol. The van der Waals surface area contributed by atoms with Crippen molar-refractivity contribution in [3.05, 3.63) is 12.4 Å². The predicted molar refractivity (Wildman–Crippen MR) is 61.3 cm³/mol. The Bertz CT molecular complexity index is 213. The zero-order chi connectivity index (χ0) is 11.8. The lowest BCUT2D eigenvalue weighted by Gasteiger charge is -2.26. The molecule has 0 aromatic rings. The highest BCUT2D eigenvalue weighted by atomic mass is 16.4. The molecule has 1 atom stereocenters. The molecule has 0 aromatic heterocycles. The van der Waals surface area contributed by atoms with E-state index in [0.29, 0.717) is 6.17 Å². The van der Waals surface area contributed by atoms with Crippen molar-refractivity contribution >= 4 is 5.97 Å². The first-order chi connectivity index (χ1) is 6.99. The molecule has 1 aliphatic rings. The van der Waals surface area contributed by atoms with Gasteiger partial charge in [0.1, 0.15) is 0 Å². The Balaban J connectivity index is 0.000000423. The number of aliphatic carboxylic acids is 1. The molecule has 1 rings (SSSR count). The number of carboxylic acid groups (broad SMARTS) is 1. The molecule has 1 heterocycles. The lowest BCUT2D eigenvalue weighted by atomic mass is 10.3. The molecule has 1 unspecified atom stereocenters. The molecule has 0 bridgehead atoms. The fraction of sp³-hybridized carbons (Fsp3) is 0.727. The van der Waals surface area contributed by atoms with E-state index in [9.17, 15) is 0 Å². The summed E-state index contributed by atoms with van der Waals surface area (Å²) in [6, 6.07) is 0. The Labute approximate surface area is 92.2 Å². The van der Waals surface area contributed by atoms with Gasteiger partial charge in [-0.25, -0.2) is 0 Å². The van der Waals surface area contributed by atoms with E-state index in [1.807, 2.05) is 0 Å². The van der Waals surface area contributed by atoms with E-state index in [2.05, 4.69) is 43.1 Å². The molecule has 0 aromatic carbocycles. The fourth-order valence-electron chi connectivity index (χ4n) is 1.28. The van der Waals surface area contributed by atoms with E-state index in [1.54, 1.807) is 0 Å². The zero-order valence-electron chi connectivity index (χ0n) is 10.1. The third-order valence-corrected chi connectivity index (χ3v) is 2.33. The second kappa shape index (κ2) is 7.15. The molecule has 0 saturated carbocycles. The first kappa shape index (κ1) is 13.8. The van der Waals surface area contributed by atoms with Crippen LogP contribution in [0.2, 0.25) is 0 Å². The number of carbonyl (C=O) groups is 1. The van der Waals surface area contributed by atoms with Crippen LogP contribution >= 0.6 is 0 Å². The van der Waals surface area contributed by atoms with Gasteiger partial charge in [0.05, 0.1) is 6.17 Å². The maximum atomic E-state index is 9.00. The first-order valence-corrected chi connectivity index (χ1v) is 5.34. The summed E-state index contributed by atoms with van der Waals surface area (Å²) < 4.78 is 0. The third-order valence-electron chi connectivity index (χ3n) is 2.33. The minimum atomic E-state index is -0.833. The molecule has 0 spiro atoms. The van der Waals surface area contributed by atoms with Crippen molar-refractivity contribution in [1.82, 2.24) is 9.80 Å². The van der Waals surface area contributed by atoms with Crippen LogP contribution in [0.3, 0.4) is 0 Å². The van der Waals surface area contributed by atoms with Crippen LogP contribution in [-0.4, -0.2) is 40.6 Å². The van der Waals surface area contributed by atoms with Gasteiger partial charge in [0.15, 0.2) is 0 Å². The van der Waals surface area contributed by atoms with Gasteiger partial charge in [0, 0.05) is 32.9 Å². The van der Waals surface area contributed by atoms with Crippen molar-refractivity contribution in [3.63, 3.8) is 0 Å². The molecule has 1 aliphatic heterocycles. The predicted octanol–water partition coefficient (Wildman–Crippen LogP) is 1.94. The third kappa shape index (κ3) is 5.99. The largest absolute Gasteiger partial charge is 0.481 e. The highest BCUT2D eigenvalue weighted by Gasteiger charge is 2.16. The molecule has 0 fully saturated rings. The summed E-state index contributed by atoms with van der Waals surface area (Å²) in [6.45, 7) is 6.74. The number of nitrogens with zero attached hydrogens (tertiary/aromatic N) is 2. The number of carboxylic acids is 1. The molecule has 0 saturated heterocycles. The quantitative estimate of drug-likeness (QED) is 0.779. The second-order valence-electron chi connectivity index (χ2n) is 3.71. The van der Waals surface area contributed by atoms with E-state index in [-0.39, 0.29) is 0 Å². The minimum Gasteiger partial charge on any atom is -0.481 e. The molecule has 4 nitrogen and oxygen atoms in total. The van der Waals surface area contributed by atoms with Crippen LogP contribution in [0.5, 0.6) is 0 Å². The second-order valence-corrected chi connectivity index (χ2v) is 3.71. The number of hydrogen-bond acceptors (Lipinski definition) is 3. The van der Waals surface area contributed by atoms with E-state index in [4.69, 9.17) is 9.90 Å². The Kier molecular flexibility index (Phi) is 6.58. The normalized spacial score (nSPS) is 18.8. The summed E-state index contributed by atoms with van der Waals surface area (Å²) in [7, 11) is 2.12. The molecule has 88 valence electrons. The zero-order valence-corrected chi connectivity index (χ0v) is 10.1. The van der Waals surface area contributed by atoms with Gasteiger partial charge in [-0.2, -0.15) is 0 Å². The first-order valence-electron chi connectivity index (χ1n) is 5.34. The van der Waals surface area contributed by atoms with Gasteiger partial charge in [-0.1, -0.05) is 13.3 Å². The Hall–Kier alpha value is -1.19. The SMILES string of the molecule is CC(=O)O.CCCCN1C=CN(C)C1C. The van der Waals surface area contributed by atoms with E-state index >= 15 is 0 Å². The van der Waals surface area contributed by atoms with Crippen LogP contribution in [0.25, 0.3) is 0 Å². The molecule has 0 radical (unpaired) electrons. The molecule has 15 heavy (non-hydrogen) atoms. The van der Waals surface area contributed by atoms with Crippen LogP contribution in [0.4, 0.5) is 0 Å². The van der Waals surface area contributed by atoms with E-state index in [0.717, 1.165) is 6.92 Å². The van der Waals surface area contributed by atoms with Crippen LogP contribution in [-0.2, 0) is 4.79 Å². The van der Waals surface area contributed by atoms with Gasteiger partial charge in [-0.15, -0.1) is 0 Å². The van der Waals surface area contributed by atoms with Gasteiger partial charge in [0.2, 0.25) is 0 Å². The number of unbranched alkanes of at least 4 members (excludes halogenated alkanes) is 1. The van der Waals surface area contributed by atoms with Gasteiger partial charge in [-0.3, -0.25) is 4.79 Å². The van der Waals surface area contributed by atoms with Crippen LogP contribution in [0.15, 0.2) is 12.4 Å². The maximum absolute atomic E-state index is 9.00. The standard InChI is InChI=1S/C9H18N2.C2H4O2/c1-4-5-6-11-8-7-10(3)9(11)2;1-2(3)4/h7-9H,4-6H2,1-3H3;1H3,(H,3,4). The van der Waals surface area contributed by atoms with Crippen LogP contribution < -0.4 is 0 Å². The molecule has 1 N–H and O–H groups in total. The molecular formula is C11H22N2O2. The topological polar surface area (TPSA) is 43.8 Å². The van der Waals surface area contributed by atoms with Crippen molar-refractivity contribution in [2.75, 3.05) is 13.6 Å². The van der Waals surface area contributed by atoms with Crippen molar-refractivity contribution in [3.8, 4) is 0 Å². The Morgan fingerprint density at radius 2 is 2.00 bits per heavy atom. The van der Waals surface area contributed by atoms with Gasteiger partial charge in [-0.05, 0) is 13.3 Å². The van der Waals surface area contributed by atoms with Crippen molar-refractivity contribution in [2.24, 2.45) is 0 Å². The van der Waals surface area contributed by atoms with E-state index in [1.165, 1.54) is 19.4 Å². The number of hydrogen-bond donors (Lipinski definition) is 1. The summed E-state index contributed by atoms with van der Waals surface area (Å²) in [4.78, 5) is 13.6. The summed E-state index contributed by atoms with van der Waals surface area (Å²) in [5.41, 5.74) is 0. The molecule has 0 amide bonds. The average Bonchev–Trinajstić information content (AvgIpc) is 2.44. The average molecular weight is 214 g/mol. The Morgan fingerprint density at radius 1 is 1.47 bits per heavy atom. The van der Waals surface area contributed by atoms with Crippen molar-refractivity contribution in [1.29, 1.82) is 0 Å². The van der Waals surface area contributed by atoms with Crippen molar-refractivity contribution < 1.29 is 9.90 Å². The summed E-state index contributed by atoms with van der Waals surface area (Å²) in [6.07, 6.45) is 7.45. The van der Waals surface area contributed by atoms with Gasteiger partial charge < -0.3 is 14.9 Å².